The van der Waals surface area contributed by atoms with Gasteiger partial charge < -0.3 is 14.2 Å². The topological polar surface area (TPSA) is 87.5 Å². The summed E-state index contributed by atoms with van der Waals surface area (Å²) in [4.78, 5) is 15.9. The van der Waals surface area contributed by atoms with Crippen LogP contribution in [0.3, 0.4) is 0 Å². The van der Waals surface area contributed by atoms with Crippen molar-refractivity contribution in [3.8, 4) is 11.5 Å². The lowest BCUT2D eigenvalue weighted by Crippen LogP contribution is -2.29. The Bertz CT molecular complexity index is 701. The van der Waals surface area contributed by atoms with Crippen LogP contribution in [0.5, 0.6) is 11.5 Å². The van der Waals surface area contributed by atoms with Crippen LogP contribution in [0, 0.1) is 0 Å². The number of methoxy groups -OCH3 is 2. The Kier molecular flexibility index (Phi) is 4.42. The van der Waals surface area contributed by atoms with E-state index >= 15 is 0 Å². The molecule has 2 aromatic rings. The predicted octanol–water partition coefficient (Wildman–Crippen LogP) is 1.24. The Hall–Kier alpha value is -2.61. The lowest BCUT2D eigenvalue weighted by Gasteiger charge is -2.24. The van der Waals surface area contributed by atoms with Crippen LogP contribution in [0.2, 0.25) is 0 Å². The molecular formula is C15H18N4O4. The van der Waals surface area contributed by atoms with E-state index < -0.39 is 0 Å². The first kappa shape index (κ1) is 15.3. The number of hydrogen-bond acceptors (Lipinski definition) is 6. The molecule has 2 heterocycles. The van der Waals surface area contributed by atoms with Crippen molar-refractivity contribution < 1.29 is 19.0 Å². The van der Waals surface area contributed by atoms with Gasteiger partial charge in [-0.3, -0.25) is 10.1 Å². The van der Waals surface area contributed by atoms with Crippen LogP contribution in [-0.2, 0) is 9.53 Å². The van der Waals surface area contributed by atoms with Gasteiger partial charge in [-0.25, -0.2) is 4.68 Å². The van der Waals surface area contributed by atoms with Crippen LogP contribution in [0.1, 0.15) is 18.0 Å². The zero-order valence-electron chi connectivity index (χ0n) is 13.0. The number of fused-ring (bicyclic) bond motifs is 1. The van der Waals surface area contributed by atoms with E-state index in [9.17, 15) is 4.79 Å². The van der Waals surface area contributed by atoms with Crippen LogP contribution in [-0.4, -0.2) is 48.1 Å². The zero-order valence-corrected chi connectivity index (χ0v) is 13.0. The predicted molar refractivity (Wildman–Crippen MR) is 81.8 cm³/mol. The second-order valence-corrected chi connectivity index (χ2v) is 5.05. The maximum absolute atomic E-state index is 11.8. The molecule has 1 aliphatic heterocycles. The summed E-state index contributed by atoms with van der Waals surface area (Å²) in [5, 5.41) is 6.88. The van der Waals surface area contributed by atoms with Crippen molar-refractivity contribution in [3.05, 3.63) is 30.1 Å². The molecule has 1 aliphatic rings. The zero-order chi connectivity index (χ0) is 16.2. The number of carbonyl (C=O) groups is 1. The van der Waals surface area contributed by atoms with Gasteiger partial charge in [0, 0.05) is 7.11 Å². The summed E-state index contributed by atoms with van der Waals surface area (Å²) in [6.07, 6.45) is 1.72. The lowest BCUT2D eigenvalue weighted by atomic mass is 10.0. The molecular weight excluding hydrogens is 300 g/mol. The fourth-order valence-corrected chi connectivity index (χ4v) is 2.51. The Morgan fingerprint density at radius 2 is 2.17 bits per heavy atom. The van der Waals surface area contributed by atoms with E-state index in [1.165, 1.54) is 6.33 Å². The monoisotopic (exact) mass is 318 g/mol. The third-order valence-corrected chi connectivity index (χ3v) is 3.62. The Labute approximate surface area is 133 Å². The Morgan fingerprint density at radius 3 is 2.96 bits per heavy atom. The summed E-state index contributed by atoms with van der Waals surface area (Å²) < 4.78 is 17.7. The van der Waals surface area contributed by atoms with Crippen LogP contribution >= 0.6 is 0 Å². The number of aromatic nitrogens is 3. The van der Waals surface area contributed by atoms with Crippen molar-refractivity contribution in [2.45, 2.75) is 12.5 Å². The van der Waals surface area contributed by atoms with E-state index in [0.717, 1.165) is 5.56 Å². The summed E-state index contributed by atoms with van der Waals surface area (Å²) in [5.41, 5.74) is 0.905. The van der Waals surface area contributed by atoms with Crippen molar-refractivity contribution in [2.75, 3.05) is 32.8 Å². The average Bonchev–Trinajstić information content (AvgIpc) is 3.02. The van der Waals surface area contributed by atoms with Gasteiger partial charge in [-0.05, 0) is 17.7 Å². The number of ether oxygens (including phenoxy) is 3. The van der Waals surface area contributed by atoms with E-state index in [1.807, 2.05) is 18.2 Å². The molecule has 0 radical (unpaired) electrons. The molecule has 8 heteroatoms. The first-order valence-electron chi connectivity index (χ1n) is 7.22. The molecule has 0 saturated heterocycles. The van der Waals surface area contributed by atoms with E-state index in [1.54, 1.807) is 18.9 Å². The van der Waals surface area contributed by atoms with Gasteiger partial charge in [0.1, 0.15) is 12.9 Å². The van der Waals surface area contributed by atoms with Crippen LogP contribution in [0.15, 0.2) is 24.5 Å². The molecule has 8 nitrogen and oxygen atoms in total. The van der Waals surface area contributed by atoms with Crippen molar-refractivity contribution in [2.24, 2.45) is 0 Å². The fraction of sp³-hybridized carbons (Fsp3) is 0.400. The fourth-order valence-electron chi connectivity index (χ4n) is 2.51. The van der Waals surface area contributed by atoms with Gasteiger partial charge >= 0.3 is 0 Å². The molecule has 0 aliphatic carbocycles. The van der Waals surface area contributed by atoms with Crippen molar-refractivity contribution in [1.82, 2.24) is 14.8 Å². The maximum atomic E-state index is 11.8. The number of amides is 1. The number of nitrogens with zero attached hydrogens (tertiary/aromatic N) is 3. The quantitative estimate of drug-likeness (QED) is 0.806. The molecule has 3 rings (SSSR count). The highest BCUT2D eigenvalue weighted by Gasteiger charge is 2.28. The highest BCUT2D eigenvalue weighted by Crippen LogP contribution is 2.34. The maximum Gasteiger partial charge on any atom is 0.229 e. The highest BCUT2D eigenvalue weighted by molar-refractivity contribution is 5.91. The molecule has 0 fully saturated rings. The summed E-state index contributed by atoms with van der Waals surface area (Å²) in [5.74, 6) is 1.60. The summed E-state index contributed by atoms with van der Waals surface area (Å²) >= 11 is 0. The molecule has 1 N–H and O–H groups in total. The number of anilines is 1. The second kappa shape index (κ2) is 6.66. The Morgan fingerprint density at radius 1 is 1.30 bits per heavy atom. The van der Waals surface area contributed by atoms with Gasteiger partial charge in [0.05, 0.1) is 26.2 Å². The molecule has 23 heavy (non-hydrogen) atoms. The molecule has 1 amide bonds. The molecule has 122 valence electrons. The summed E-state index contributed by atoms with van der Waals surface area (Å²) in [7, 11) is 3.20. The van der Waals surface area contributed by atoms with Crippen molar-refractivity contribution in [1.29, 1.82) is 0 Å². The number of carbonyl (C=O) groups excluding carboxylic acids is 1. The average molecular weight is 318 g/mol. The SMILES string of the molecule is COCCOc1ccc([C@@H]2CC(=O)Nc3ncnn32)cc1OC. The van der Waals surface area contributed by atoms with Gasteiger partial charge in [0.2, 0.25) is 11.9 Å². The first-order valence-corrected chi connectivity index (χ1v) is 7.22. The van der Waals surface area contributed by atoms with Gasteiger partial charge in [0.15, 0.2) is 11.5 Å². The van der Waals surface area contributed by atoms with Gasteiger partial charge in [0.25, 0.3) is 0 Å². The molecule has 0 unspecified atom stereocenters. The highest BCUT2D eigenvalue weighted by atomic mass is 16.5. The molecule has 0 bridgehead atoms. The minimum Gasteiger partial charge on any atom is -0.493 e. The normalized spacial score (nSPS) is 16.6. The number of benzene rings is 1. The van der Waals surface area contributed by atoms with Crippen LogP contribution < -0.4 is 14.8 Å². The lowest BCUT2D eigenvalue weighted by molar-refractivity contribution is -0.117. The minimum absolute atomic E-state index is 0.0881. The molecule has 1 aromatic heterocycles. The van der Waals surface area contributed by atoms with Crippen LogP contribution in [0.4, 0.5) is 5.95 Å². The summed E-state index contributed by atoms with van der Waals surface area (Å²) in [6.45, 7) is 0.932. The third kappa shape index (κ3) is 3.11. The number of hydrogen-bond donors (Lipinski definition) is 1. The van der Waals surface area contributed by atoms with Gasteiger partial charge in [-0.1, -0.05) is 6.07 Å². The van der Waals surface area contributed by atoms with Crippen molar-refractivity contribution >= 4 is 11.9 Å². The third-order valence-electron chi connectivity index (χ3n) is 3.62. The van der Waals surface area contributed by atoms with Crippen molar-refractivity contribution in [3.63, 3.8) is 0 Å². The van der Waals surface area contributed by atoms with E-state index in [4.69, 9.17) is 14.2 Å². The van der Waals surface area contributed by atoms with E-state index in [-0.39, 0.29) is 11.9 Å². The number of rotatable bonds is 6. The molecule has 1 atom stereocenters. The standard InChI is InChI=1S/C15H18N4O4/c1-21-5-6-23-12-4-3-10(7-13(12)22-2)11-8-14(20)18-15-16-9-17-19(11)15/h3-4,7,9,11H,5-6,8H2,1-2H3,(H,16,17,18,20)/t11-/m0/s1. The van der Waals surface area contributed by atoms with Crippen LogP contribution in [0.25, 0.3) is 0 Å². The van der Waals surface area contributed by atoms with E-state index in [0.29, 0.717) is 37.1 Å². The molecule has 0 saturated carbocycles. The Balaban J connectivity index is 1.88. The molecule has 1 aromatic carbocycles. The van der Waals surface area contributed by atoms with Gasteiger partial charge in [-0.2, -0.15) is 10.1 Å². The molecule has 0 spiro atoms. The minimum atomic E-state index is -0.219. The summed E-state index contributed by atoms with van der Waals surface area (Å²) in [6, 6.07) is 5.37. The number of nitrogens with one attached hydrogen (secondary N) is 1. The first-order chi connectivity index (χ1) is 11.2. The smallest absolute Gasteiger partial charge is 0.229 e. The van der Waals surface area contributed by atoms with E-state index in [2.05, 4.69) is 15.4 Å². The second-order valence-electron chi connectivity index (χ2n) is 5.05. The van der Waals surface area contributed by atoms with Gasteiger partial charge in [-0.15, -0.1) is 0 Å². The largest absolute Gasteiger partial charge is 0.493 e.